The number of amides is 3. The summed E-state index contributed by atoms with van der Waals surface area (Å²) in [6, 6.07) is 12.3. The molecule has 30 heavy (non-hydrogen) atoms. The van der Waals surface area contributed by atoms with E-state index in [1.54, 1.807) is 31.4 Å². The second-order valence-electron chi connectivity index (χ2n) is 6.90. The van der Waals surface area contributed by atoms with Gasteiger partial charge >= 0.3 is 0 Å². The van der Waals surface area contributed by atoms with Gasteiger partial charge in [0.25, 0.3) is 11.8 Å². The number of methoxy groups -OCH3 is 1. The number of thiazole rings is 1. The lowest BCUT2D eigenvalue weighted by Gasteiger charge is -2.12. The number of anilines is 1. The van der Waals surface area contributed by atoms with Gasteiger partial charge in [0.15, 0.2) is 5.13 Å². The number of nitrogens with one attached hydrogen (secondary N) is 1. The van der Waals surface area contributed by atoms with E-state index >= 15 is 0 Å². The largest absolute Gasteiger partial charge is 0.496 e. The molecule has 2 aromatic carbocycles. The third kappa shape index (κ3) is 3.46. The summed E-state index contributed by atoms with van der Waals surface area (Å²) < 4.78 is 5.29. The van der Waals surface area contributed by atoms with Gasteiger partial charge in [-0.2, -0.15) is 0 Å². The van der Waals surface area contributed by atoms with Crippen molar-refractivity contribution in [2.75, 3.05) is 19.0 Å². The molecule has 0 bridgehead atoms. The highest BCUT2D eigenvalue weighted by Gasteiger charge is 2.36. The number of hydrogen-bond donors (Lipinski definition) is 1. The van der Waals surface area contributed by atoms with E-state index in [0.29, 0.717) is 16.3 Å². The maximum Gasteiger partial charge on any atom is 0.262 e. The van der Waals surface area contributed by atoms with Crippen LogP contribution in [-0.4, -0.2) is 41.3 Å². The molecule has 3 aromatic rings. The monoisotopic (exact) mass is 421 g/mol. The van der Waals surface area contributed by atoms with Crippen LogP contribution in [0.1, 0.15) is 31.2 Å². The fourth-order valence-electron chi connectivity index (χ4n) is 3.43. The molecule has 1 aliphatic heterocycles. The van der Waals surface area contributed by atoms with E-state index in [0.717, 1.165) is 32.3 Å². The van der Waals surface area contributed by atoms with Crippen LogP contribution in [0.5, 0.6) is 5.75 Å². The van der Waals surface area contributed by atoms with Crippen LogP contribution >= 0.6 is 11.3 Å². The zero-order valence-electron chi connectivity index (χ0n) is 16.7. The van der Waals surface area contributed by atoms with Crippen LogP contribution < -0.4 is 10.1 Å². The maximum absolute atomic E-state index is 12.5. The summed E-state index contributed by atoms with van der Waals surface area (Å²) >= 11 is 1.34. The van der Waals surface area contributed by atoms with Crippen molar-refractivity contribution in [3.63, 3.8) is 0 Å². The van der Waals surface area contributed by atoms with Crippen LogP contribution in [0.2, 0.25) is 0 Å². The van der Waals surface area contributed by atoms with Gasteiger partial charge in [0, 0.05) is 10.4 Å². The van der Waals surface area contributed by atoms with E-state index in [1.165, 1.54) is 11.3 Å². The Labute approximate surface area is 177 Å². The molecule has 0 unspecified atom stereocenters. The Morgan fingerprint density at radius 2 is 1.77 bits per heavy atom. The fourth-order valence-corrected chi connectivity index (χ4v) is 4.28. The number of aryl methyl sites for hydroxylation is 2. The van der Waals surface area contributed by atoms with Crippen molar-refractivity contribution in [2.45, 2.75) is 13.8 Å². The molecule has 1 aliphatic rings. The molecule has 0 saturated carbocycles. The molecule has 7 nitrogen and oxygen atoms in total. The van der Waals surface area contributed by atoms with Crippen LogP contribution in [0.15, 0.2) is 42.5 Å². The SMILES string of the molecule is COc1ccc(-c2nc(NC(=O)CN3C(=O)c4ccccc4C3=O)sc2C)cc1C. The lowest BCUT2D eigenvalue weighted by molar-refractivity contribution is -0.116. The zero-order valence-corrected chi connectivity index (χ0v) is 17.5. The predicted octanol–water partition coefficient (Wildman–Crippen LogP) is 3.67. The predicted molar refractivity (Wildman–Crippen MR) is 114 cm³/mol. The summed E-state index contributed by atoms with van der Waals surface area (Å²) in [5.41, 5.74) is 3.30. The van der Waals surface area contributed by atoms with Crippen molar-refractivity contribution in [3.8, 4) is 17.0 Å². The standard InChI is InChI=1S/C22H19N3O4S/c1-12-10-14(8-9-17(12)29-3)19-13(2)30-22(24-19)23-18(26)11-25-20(27)15-6-4-5-7-16(15)21(25)28/h4-10H,11H2,1-3H3,(H,23,24,26). The lowest BCUT2D eigenvalue weighted by Crippen LogP contribution is -2.37. The first kappa shape index (κ1) is 19.8. The number of hydrogen-bond acceptors (Lipinski definition) is 6. The molecular formula is C22H19N3O4S. The normalized spacial score (nSPS) is 12.8. The molecule has 3 amide bonds. The number of benzene rings is 2. The van der Waals surface area contributed by atoms with E-state index in [1.807, 2.05) is 32.0 Å². The van der Waals surface area contributed by atoms with E-state index in [4.69, 9.17) is 4.74 Å². The number of rotatable bonds is 5. The summed E-state index contributed by atoms with van der Waals surface area (Å²) in [7, 11) is 1.62. The number of carbonyl (C=O) groups is 3. The first-order valence-electron chi connectivity index (χ1n) is 9.26. The first-order valence-corrected chi connectivity index (χ1v) is 10.1. The van der Waals surface area contributed by atoms with Crippen molar-refractivity contribution >= 4 is 34.2 Å². The molecule has 4 rings (SSSR count). The minimum atomic E-state index is -0.476. The third-order valence-electron chi connectivity index (χ3n) is 4.89. The second kappa shape index (κ2) is 7.72. The Morgan fingerprint density at radius 1 is 1.10 bits per heavy atom. The highest BCUT2D eigenvalue weighted by Crippen LogP contribution is 2.33. The fraction of sp³-hybridized carbons (Fsp3) is 0.182. The summed E-state index contributed by atoms with van der Waals surface area (Å²) in [5.74, 6) is -0.609. The molecule has 0 radical (unpaired) electrons. The summed E-state index contributed by atoms with van der Waals surface area (Å²) in [5, 5.41) is 3.12. The zero-order chi connectivity index (χ0) is 21.4. The Bertz CT molecular complexity index is 1150. The van der Waals surface area contributed by atoms with Crippen LogP contribution in [0, 0.1) is 13.8 Å². The van der Waals surface area contributed by atoms with Gasteiger partial charge in [0.05, 0.1) is 23.9 Å². The number of nitrogens with zero attached hydrogens (tertiary/aromatic N) is 2. The number of ether oxygens (including phenoxy) is 1. The van der Waals surface area contributed by atoms with Gasteiger partial charge < -0.3 is 10.1 Å². The average Bonchev–Trinajstić information content (AvgIpc) is 3.20. The third-order valence-corrected chi connectivity index (χ3v) is 5.78. The molecule has 2 heterocycles. The Morgan fingerprint density at radius 3 is 2.37 bits per heavy atom. The van der Waals surface area contributed by atoms with Crippen molar-refractivity contribution in [1.82, 2.24) is 9.88 Å². The van der Waals surface area contributed by atoms with E-state index in [9.17, 15) is 14.4 Å². The van der Waals surface area contributed by atoms with Gasteiger partial charge in [0.2, 0.25) is 5.91 Å². The Kier molecular flexibility index (Phi) is 5.09. The number of carbonyl (C=O) groups excluding carboxylic acids is 3. The van der Waals surface area contributed by atoms with E-state index in [2.05, 4.69) is 10.3 Å². The van der Waals surface area contributed by atoms with Gasteiger partial charge in [0.1, 0.15) is 12.3 Å². The Balaban J connectivity index is 1.49. The number of aromatic nitrogens is 1. The van der Waals surface area contributed by atoms with Crippen molar-refractivity contribution in [1.29, 1.82) is 0 Å². The molecule has 152 valence electrons. The average molecular weight is 421 g/mol. The van der Waals surface area contributed by atoms with Crippen molar-refractivity contribution in [2.24, 2.45) is 0 Å². The molecule has 0 saturated heterocycles. The summed E-state index contributed by atoms with van der Waals surface area (Å²) in [6.07, 6.45) is 0. The highest BCUT2D eigenvalue weighted by atomic mass is 32.1. The van der Waals surface area contributed by atoms with Crippen LogP contribution in [0.25, 0.3) is 11.3 Å². The molecule has 0 spiro atoms. The molecule has 8 heteroatoms. The molecule has 0 atom stereocenters. The molecule has 1 aromatic heterocycles. The maximum atomic E-state index is 12.5. The van der Waals surface area contributed by atoms with Gasteiger partial charge in [-0.15, -0.1) is 11.3 Å². The smallest absolute Gasteiger partial charge is 0.262 e. The van der Waals surface area contributed by atoms with Gasteiger partial charge in [-0.1, -0.05) is 12.1 Å². The number of imide groups is 1. The van der Waals surface area contributed by atoms with Crippen LogP contribution in [0.4, 0.5) is 5.13 Å². The van der Waals surface area contributed by atoms with Crippen LogP contribution in [-0.2, 0) is 4.79 Å². The Hall–Kier alpha value is -3.52. The molecule has 0 aliphatic carbocycles. The summed E-state index contributed by atoms with van der Waals surface area (Å²) in [4.78, 5) is 43.8. The highest BCUT2D eigenvalue weighted by molar-refractivity contribution is 7.16. The molecule has 0 fully saturated rings. The second-order valence-corrected chi connectivity index (χ2v) is 8.10. The quantitative estimate of drug-likeness (QED) is 0.635. The minimum absolute atomic E-state index is 0.317. The van der Waals surface area contributed by atoms with Crippen molar-refractivity contribution < 1.29 is 19.1 Å². The van der Waals surface area contributed by atoms with Gasteiger partial charge in [-0.3, -0.25) is 19.3 Å². The minimum Gasteiger partial charge on any atom is -0.496 e. The lowest BCUT2D eigenvalue weighted by atomic mass is 10.1. The van der Waals surface area contributed by atoms with E-state index in [-0.39, 0.29) is 6.54 Å². The number of fused-ring (bicyclic) bond motifs is 1. The molecule has 1 N–H and O–H groups in total. The topological polar surface area (TPSA) is 88.6 Å². The van der Waals surface area contributed by atoms with Crippen molar-refractivity contribution in [3.05, 3.63) is 64.0 Å². The first-order chi connectivity index (χ1) is 14.4. The van der Waals surface area contributed by atoms with Gasteiger partial charge in [-0.25, -0.2) is 4.98 Å². The summed E-state index contributed by atoms with van der Waals surface area (Å²) in [6.45, 7) is 3.52. The molecular weight excluding hydrogens is 402 g/mol. The van der Waals surface area contributed by atoms with E-state index < -0.39 is 17.7 Å². The van der Waals surface area contributed by atoms with Crippen LogP contribution in [0.3, 0.4) is 0 Å². The van der Waals surface area contributed by atoms with Gasteiger partial charge in [-0.05, 0) is 49.7 Å².